The lowest BCUT2D eigenvalue weighted by Gasteiger charge is -2.29. The molecule has 2 heteroatoms. The Hall–Kier alpha value is -0.340. The first-order valence-electron chi connectivity index (χ1n) is 8.22. The first kappa shape index (κ1) is 16.0. The monoisotopic (exact) mass is 337 g/mol. The van der Waals surface area contributed by atoms with Crippen molar-refractivity contribution >= 4 is 15.9 Å². The van der Waals surface area contributed by atoms with Gasteiger partial charge in [0.25, 0.3) is 0 Å². The van der Waals surface area contributed by atoms with Gasteiger partial charge in [0, 0.05) is 16.6 Å². The standard InChI is InChI=1S/C18H28BrN/c1-3-18(16-11-8-12-17(19)13-16)20-14(2)15-9-6-4-5-7-10-15/h8,11-15,18,20H,3-7,9-10H2,1-2H3/t14-,18?/m0/s1. The summed E-state index contributed by atoms with van der Waals surface area (Å²) in [5.74, 6) is 0.860. The summed E-state index contributed by atoms with van der Waals surface area (Å²) < 4.78 is 1.18. The van der Waals surface area contributed by atoms with Crippen LogP contribution in [0.5, 0.6) is 0 Å². The molecule has 1 aliphatic rings. The van der Waals surface area contributed by atoms with E-state index in [1.54, 1.807) is 0 Å². The molecule has 1 N–H and O–H groups in total. The van der Waals surface area contributed by atoms with E-state index >= 15 is 0 Å². The van der Waals surface area contributed by atoms with Gasteiger partial charge < -0.3 is 5.32 Å². The first-order valence-corrected chi connectivity index (χ1v) is 9.01. The molecule has 1 saturated carbocycles. The van der Waals surface area contributed by atoms with Crippen molar-refractivity contribution in [1.82, 2.24) is 5.32 Å². The predicted octanol–water partition coefficient (Wildman–Crippen LogP) is 5.85. The average molecular weight is 338 g/mol. The van der Waals surface area contributed by atoms with E-state index in [9.17, 15) is 0 Å². The van der Waals surface area contributed by atoms with E-state index in [-0.39, 0.29) is 0 Å². The molecule has 0 saturated heterocycles. The molecule has 1 fully saturated rings. The molecule has 1 unspecified atom stereocenters. The van der Waals surface area contributed by atoms with Crippen LogP contribution in [0, 0.1) is 5.92 Å². The molecule has 0 aromatic heterocycles. The van der Waals surface area contributed by atoms with Crippen molar-refractivity contribution in [2.45, 2.75) is 70.9 Å². The van der Waals surface area contributed by atoms with Crippen molar-refractivity contribution in [3.8, 4) is 0 Å². The Labute approximate surface area is 132 Å². The summed E-state index contributed by atoms with van der Waals surface area (Å²) in [6, 6.07) is 9.83. The van der Waals surface area contributed by atoms with Crippen LogP contribution >= 0.6 is 15.9 Å². The van der Waals surface area contributed by atoms with Crippen LogP contribution in [0.25, 0.3) is 0 Å². The minimum absolute atomic E-state index is 0.478. The SMILES string of the molecule is CCC(N[C@@H](C)C1CCCCCC1)c1cccc(Br)c1. The van der Waals surface area contributed by atoms with E-state index in [2.05, 4.69) is 59.4 Å². The van der Waals surface area contributed by atoms with Crippen LogP contribution in [0.2, 0.25) is 0 Å². The Morgan fingerprint density at radius 1 is 1.20 bits per heavy atom. The van der Waals surface area contributed by atoms with E-state index in [4.69, 9.17) is 0 Å². The van der Waals surface area contributed by atoms with E-state index in [1.165, 1.54) is 48.6 Å². The molecule has 0 radical (unpaired) electrons. The van der Waals surface area contributed by atoms with E-state index in [0.717, 1.165) is 12.3 Å². The summed E-state index contributed by atoms with van der Waals surface area (Å²) in [4.78, 5) is 0. The van der Waals surface area contributed by atoms with Gasteiger partial charge in [-0.3, -0.25) is 0 Å². The molecule has 112 valence electrons. The maximum atomic E-state index is 3.89. The summed E-state index contributed by atoms with van der Waals surface area (Å²) in [6.07, 6.45) is 9.67. The van der Waals surface area contributed by atoms with Crippen molar-refractivity contribution in [2.75, 3.05) is 0 Å². The minimum Gasteiger partial charge on any atom is -0.307 e. The number of rotatable bonds is 5. The third kappa shape index (κ3) is 4.60. The number of halogens is 1. The van der Waals surface area contributed by atoms with E-state index < -0.39 is 0 Å². The lowest BCUT2D eigenvalue weighted by Crippen LogP contribution is -2.36. The van der Waals surface area contributed by atoms with Crippen LogP contribution in [0.3, 0.4) is 0 Å². The maximum absolute atomic E-state index is 3.89. The molecule has 0 aliphatic heterocycles. The molecule has 0 spiro atoms. The molecule has 1 aromatic carbocycles. The zero-order valence-corrected chi connectivity index (χ0v) is 14.5. The highest BCUT2D eigenvalue weighted by molar-refractivity contribution is 9.10. The van der Waals surface area contributed by atoms with Gasteiger partial charge in [-0.25, -0.2) is 0 Å². The van der Waals surface area contributed by atoms with Crippen molar-refractivity contribution in [3.63, 3.8) is 0 Å². The van der Waals surface area contributed by atoms with Gasteiger partial charge in [-0.05, 0) is 49.8 Å². The van der Waals surface area contributed by atoms with Crippen molar-refractivity contribution in [1.29, 1.82) is 0 Å². The summed E-state index contributed by atoms with van der Waals surface area (Å²) in [5.41, 5.74) is 1.40. The number of nitrogens with one attached hydrogen (secondary N) is 1. The van der Waals surface area contributed by atoms with Crippen molar-refractivity contribution in [2.24, 2.45) is 5.92 Å². The maximum Gasteiger partial charge on any atom is 0.0320 e. The summed E-state index contributed by atoms with van der Waals surface area (Å²) in [5, 5.41) is 3.89. The second kappa shape index (κ2) is 8.19. The molecule has 0 heterocycles. The zero-order chi connectivity index (χ0) is 14.4. The molecule has 1 aliphatic carbocycles. The van der Waals surface area contributed by atoms with E-state index in [0.29, 0.717) is 12.1 Å². The third-order valence-electron chi connectivity index (χ3n) is 4.73. The highest BCUT2D eigenvalue weighted by Crippen LogP contribution is 2.28. The van der Waals surface area contributed by atoms with Crippen molar-refractivity contribution in [3.05, 3.63) is 34.3 Å². The van der Waals surface area contributed by atoms with Gasteiger partial charge in [0.05, 0.1) is 0 Å². The van der Waals surface area contributed by atoms with Crippen LogP contribution in [0.4, 0.5) is 0 Å². The molecule has 0 bridgehead atoms. The summed E-state index contributed by atoms with van der Waals surface area (Å²) in [6.45, 7) is 4.66. The second-order valence-electron chi connectivity index (χ2n) is 6.22. The van der Waals surface area contributed by atoms with Gasteiger partial charge in [0.2, 0.25) is 0 Å². The highest BCUT2D eigenvalue weighted by atomic mass is 79.9. The Balaban J connectivity index is 1.98. The second-order valence-corrected chi connectivity index (χ2v) is 7.14. The van der Waals surface area contributed by atoms with Crippen LogP contribution in [-0.4, -0.2) is 6.04 Å². The Kier molecular flexibility index (Phi) is 6.57. The number of benzene rings is 1. The lowest BCUT2D eigenvalue weighted by molar-refractivity contribution is 0.306. The minimum atomic E-state index is 0.478. The highest BCUT2D eigenvalue weighted by Gasteiger charge is 2.21. The van der Waals surface area contributed by atoms with Gasteiger partial charge in [0.15, 0.2) is 0 Å². The Bertz CT molecular complexity index is 396. The number of hydrogen-bond acceptors (Lipinski definition) is 1. The van der Waals surface area contributed by atoms with Gasteiger partial charge >= 0.3 is 0 Å². The molecule has 20 heavy (non-hydrogen) atoms. The normalized spacial score (nSPS) is 20.4. The fourth-order valence-electron chi connectivity index (χ4n) is 3.44. The quantitative estimate of drug-likeness (QED) is 0.664. The first-order chi connectivity index (χ1) is 9.70. The summed E-state index contributed by atoms with van der Waals surface area (Å²) in [7, 11) is 0. The Morgan fingerprint density at radius 2 is 1.90 bits per heavy atom. The molecule has 2 atom stereocenters. The Morgan fingerprint density at radius 3 is 2.50 bits per heavy atom. The van der Waals surface area contributed by atoms with Crippen LogP contribution in [0.1, 0.15) is 70.4 Å². The third-order valence-corrected chi connectivity index (χ3v) is 5.22. The number of hydrogen-bond donors (Lipinski definition) is 1. The molecule has 1 nitrogen and oxygen atoms in total. The smallest absolute Gasteiger partial charge is 0.0320 e. The van der Waals surface area contributed by atoms with Gasteiger partial charge in [-0.15, -0.1) is 0 Å². The van der Waals surface area contributed by atoms with Crippen LogP contribution in [-0.2, 0) is 0 Å². The molecular formula is C18H28BrN. The molecule has 2 rings (SSSR count). The fraction of sp³-hybridized carbons (Fsp3) is 0.667. The molecular weight excluding hydrogens is 310 g/mol. The van der Waals surface area contributed by atoms with Crippen LogP contribution < -0.4 is 5.32 Å². The van der Waals surface area contributed by atoms with Crippen molar-refractivity contribution < 1.29 is 0 Å². The fourth-order valence-corrected chi connectivity index (χ4v) is 3.85. The van der Waals surface area contributed by atoms with Gasteiger partial charge in [-0.2, -0.15) is 0 Å². The lowest BCUT2D eigenvalue weighted by atomic mass is 9.91. The topological polar surface area (TPSA) is 12.0 Å². The molecule has 1 aromatic rings. The average Bonchev–Trinajstić information content (AvgIpc) is 2.73. The predicted molar refractivity (Wildman–Crippen MR) is 91.0 cm³/mol. The summed E-state index contributed by atoms with van der Waals surface area (Å²) >= 11 is 3.59. The zero-order valence-electron chi connectivity index (χ0n) is 12.9. The van der Waals surface area contributed by atoms with Gasteiger partial charge in [0.1, 0.15) is 0 Å². The van der Waals surface area contributed by atoms with Gasteiger partial charge in [-0.1, -0.05) is 60.7 Å². The molecule has 0 amide bonds. The van der Waals surface area contributed by atoms with Crippen LogP contribution in [0.15, 0.2) is 28.7 Å². The largest absolute Gasteiger partial charge is 0.307 e. The van der Waals surface area contributed by atoms with E-state index in [1.807, 2.05) is 0 Å².